The van der Waals surface area contributed by atoms with E-state index in [9.17, 15) is 26.7 Å². The highest BCUT2D eigenvalue weighted by Gasteiger charge is 2.29. The molecule has 13 nitrogen and oxygen atoms in total. The Hall–Kier alpha value is -9.82. The third-order valence-corrected chi connectivity index (χ3v) is 21.7. The van der Waals surface area contributed by atoms with Crippen molar-refractivity contribution in [3.63, 3.8) is 0 Å². The van der Waals surface area contributed by atoms with Crippen LogP contribution in [0.3, 0.4) is 0 Å². The number of anilines is 2. The zero-order chi connectivity index (χ0) is 70.3. The van der Waals surface area contributed by atoms with Crippen molar-refractivity contribution in [2.45, 2.75) is 90.1 Å². The van der Waals surface area contributed by atoms with Gasteiger partial charge in [0.2, 0.25) is 0 Å². The molecule has 1 saturated heterocycles. The maximum Gasteiger partial charge on any atom is 0.335 e. The first-order valence-corrected chi connectivity index (χ1v) is 38.6. The number of hydrogen-bond acceptors (Lipinski definition) is 9. The molecule has 0 amide bonds. The van der Waals surface area contributed by atoms with Gasteiger partial charge in [-0.05, 0) is 168 Å². The molecule has 0 spiro atoms. The number of fused-ring (bicyclic) bond motifs is 15. The highest BCUT2D eigenvalue weighted by molar-refractivity contribution is 7.90. The maximum absolute atomic E-state index is 15.8. The molecule has 1 fully saturated rings. The zero-order valence-electron chi connectivity index (χ0n) is 56.3. The second-order valence-electron chi connectivity index (χ2n) is 26.4. The van der Waals surface area contributed by atoms with E-state index < -0.39 is 37.2 Å². The van der Waals surface area contributed by atoms with Gasteiger partial charge in [0, 0.05) is 106 Å². The Bertz CT molecular complexity index is 5440. The molecule has 19 heteroatoms. The van der Waals surface area contributed by atoms with Crippen molar-refractivity contribution >= 4 is 81.3 Å². The summed E-state index contributed by atoms with van der Waals surface area (Å²) >= 11 is -0.750. The minimum atomic E-state index is -3.09. The summed E-state index contributed by atoms with van der Waals surface area (Å²) in [5.74, 6) is -1.58. The average molecular weight is 1400 g/mol. The normalized spacial score (nSPS) is 13.5. The van der Waals surface area contributed by atoms with Crippen molar-refractivity contribution in [2.75, 3.05) is 48.5 Å². The van der Waals surface area contributed by atoms with Gasteiger partial charge in [0.25, 0.3) is 0 Å². The quantitative estimate of drug-likeness (QED) is 0.0863. The number of carbonyl (C=O) groups is 1. The molecule has 0 radical (unpaired) electrons. The molecule has 4 N–H and O–H groups in total. The van der Waals surface area contributed by atoms with Gasteiger partial charge in [0.1, 0.15) is 0 Å². The van der Waals surface area contributed by atoms with Crippen molar-refractivity contribution < 1.29 is 48.3 Å². The van der Waals surface area contributed by atoms with Gasteiger partial charge in [-0.2, -0.15) is 8.42 Å². The summed E-state index contributed by atoms with van der Waals surface area (Å²) in [6.45, 7) is 10.4. The van der Waals surface area contributed by atoms with Crippen LogP contribution >= 0.6 is 0 Å². The number of halogens is 3. The van der Waals surface area contributed by atoms with Crippen LogP contribution in [0.5, 0.6) is 0 Å². The summed E-state index contributed by atoms with van der Waals surface area (Å²) in [7, 11) is -6.18. The van der Waals surface area contributed by atoms with Crippen molar-refractivity contribution in [3.8, 4) is 67.2 Å². The first-order chi connectivity index (χ1) is 48.1. The summed E-state index contributed by atoms with van der Waals surface area (Å²) in [4.78, 5) is 25.9. The van der Waals surface area contributed by atoms with Crippen LogP contribution in [0.15, 0.2) is 164 Å². The number of aromatic nitrogens is 3. The lowest BCUT2D eigenvalue weighted by Crippen LogP contribution is -2.29. The fraction of sp³-hybridized carbons (Fsp3) is 0.247. The van der Waals surface area contributed by atoms with Crippen molar-refractivity contribution in [3.05, 3.63) is 237 Å². The van der Waals surface area contributed by atoms with E-state index in [0.29, 0.717) is 39.7 Å². The van der Waals surface area contributed by atoms with Gasteiger partial charge in [0.05, 0.1) is 50.7 Å². The largest absolute Gasteiger partial charge is 0.478 e. The van der Waals surface area contributed by atoms with Crippen molar-refractivity contribution in [2.24, 2.45) is 0 Å². The molecule has 0 bridgehead atoms. The second kappa shape index (κ2) is 28.4. The van der Waals surface area contributed by atoms with Crippen molar-refractivity contribution in [1.29, 1.82) is 0 Å². The molecule has 1 aliphatic heterocycles. The number of H-pyrrole nitrogens is 3. The molecule has 4 aliphatic rings. The summed E-state index contributed by atoms with van der Waals surface area (Å²) in [5.41, 5.74) is 23.6. The summed E-state index contributed by atoms with van der Waals surface area (Å²) < 4.78 is 110. The number of carboxylic acid groups (broad SMARTS) is 1. The Morgan fingerprint density at radius 2 is 0.870 bits per heavy atom. The molecule has 512 valence electrons. The van der Waals surface area contributed by atoms with E-state index in [-0.39, 0.29) is 34.5 Å². The van der Waals surface area contributed by atoms with E-state index in [4.69, 9.17) is 8.42 Å². The first kappa shape index (κ1) is 68.7. The molecule has 3 aliphatic carbocycles. The van der Waals surface area contributed by atoms with E-state index in [1.54, 1.807) is 12.1 Å². The Kier molecular flexibility index (Phi) is 19.5. The lowest BCUT2D eigenvalue weighted by atomic mass is 9.88. The SMILES string of the molecule is CCN(CC)c1ccc(-c2ccc3c4c([nH]c3c2F)-c2ccc(CS(C)(=O)=O)cc2C4)cc1.CCc1ccc(-c2ccc3c4c([nH]c3c2F)-c2ccc(C(=O)O)cc2CC4)cc1.CS(=O)(=O)Cc1ccc2c(c1)CCc1c-2[nH]c2c(F)c(-c3ccc(N4CCCCC4)cc3)ccc12.O=S=O. The van der Waals surface area contributed by atoms with Gasteiger partial charge in [-0.15, -0.1) is 0 Å². The highest BCUT2D eigenvalue weighted by Crippen LogP contribution is 2.46. The summed E-state index contributed by atoms with van der Waals surface area (Å²) in [6, 6.07) is 52.7. The van der Waals surface area contributed by atoms with Crippen LogP contribution < -0.4 is 9.80 Å². The monoisotopic (exact) mass is 1400 g/mol. The van der Waals surface area contributed by atoms with E-state index in [1.165, 1.54) is 43.0 Å². The van der Waals surface area contributed by atoms with Crippen LogP contribution in [0, 0.1) is 17.5 Å². The number of piperidine rings is 1. The van der Waals surface area contributed by atoms with Crippen LogP contribution in [-0.4, -0.2) is 90.0 Å². The molecule has 16 rings (SSSR count). The van der Waals surface area contributed by atoms with Crippen LogP contribution in [0.1, 0.15) is 100 Å². The second-order valence-corrected chi connectivity index (χ2v) is 30.8. The predicted octanol–water partition coefficient (Wildman–Crippen LogP) is 17.5. The molecule has 9 aromatic carbocycles. The van der Waals surface area contributed by atoms with Gasteiger partial charge < -0.3 is 29.9 Å². The molecular formula is C81H76F3N5O8S3. The van der Waals surface area contributed by atoms with E-state index in [0.717, 1.165) is 175 Å². The van der Waals surface area contributed by atoms with Crippen LogP contribution in [0.2, 0.25) is 0 Å². The van der Waals surface area contributed by atoms with Crippen LogP contribution in [0.25, 0.3) is 99.9 Å². The number of carboxylic acids is 1. The smallest absolute Gasteiger partial charge is 0.335 e. The Labute approximate surface area is 583 Å². The number of rotatable bonds is 13. The minimum Gasteiger partial charge on any atom is -0.478 e. The number of aromatic carboxylic acids is 1. The van der Waals surface area contributed by atoms with Gasteiger partial charge in [-0.25, -0.2) is 34.8 Å². The Balaban J connectivity index is 0.000000132. The molecule has 0 unspecified atom stereocenters. The van der Waals surface area contributed by atoms with Gasteiger partial charge in [0.15, 0.2) is 37.1 Å². The fourth-order valence-electron chi connectivity index (χ4n) is 15.1. The minimum absolute atomic E-state index is 0.0278. The molecule has 12 aromatic rings. The van der Waals surface area contributed by atoms with Crippen LogP contribution in [-0.2, 0) is 81.3 Å². The number of nitrogens with zero attached hydrogens (tertiary/aromatic N) is 2. The predicted molar refractivity (Wildman–Crippen MR) is 397 cm³/mol. The zero-order valence-corrected chi connectivity index (χ0v) is 58.7. The topological polar surface area (TPSA) is 194 Å². The van der Waals surface area contributed by atoms with Crippen molar-refractivity contribution in [1.82, 2.24) is 15.0 Å². The molecule has 100 heavy (non-hydrogen) atoms. The standard InChI is InChI=1S/C29H29FN2O2S.C27H27FN2O2S.C25H20FNO2.O2S/c1-35(33,34)18-19-5-11-24-21(17-19)8-12-25-26-14-13-23(27(30)29(26)31-28(24)25)20-6-9-22(10-7-20)32-15-3-2-4-16-32;1-4-30(5-2)20-9-7-18(8-10-20)21-12-13-23-24-15-19-14-17(16-33(3,31)32)6-11-22(19)26(24)29-27(23)25(21)28;1-2-14-3-5-15(6-4-14)18-11-12-21-20-10-7-16-13-17(25(28)29)8-9-19(16)23(20)27-24(21)22(18)26;1-3-2/h5-7,9-11,13-14,17,31H,2-4,8,12,15-16,18H2,1H3;6-14,29H,4-5,15-16H2,1-3H3;3-6,8-9,11-13,27H,2,7,10H2,1H3,(H,28,29);. The third-order valence-electron chi connectivity index (χ3n) is 19.9. The molecule has 3 aromatic heterocycles. The first-order valence-electron chi connectivity index (χ1n) is 33.8. The molecular weight excluding hydrogens is 1320 g/mol. The number of aromatic amines is 3. The molecule has 0 atom stereocenters. The number of nitrogens with one attached hydrogen (secondary N) is 3. The lowest BCUT2D eigenvalue weighted by Gasteiger charge is -2.28. The van der Waals surface area contributed by atoms with E-state index in [2.05, 4.69) is 57.7 Å². The molecule has 4 heterocycles. The Morgan fingerprint density at radius 1 is 0.480 bits per heavy atom. The van der Waals surface area contributed by atoms with E-state index in [1.807, 2.05) is 140 Å². The number of sulfone groups is 2. The Morgan fingerprint density at radius 3 is 1.32 bits per heavy atom. The summed E-state index contributed by atoms with van der Waals surface area (Å²) in [5, 5.41) is 12.0. The number of aryl methyl sites for hydroxylation is 5. The third kappa shape index (κ3) is 13.8. The average Bonchev–Trinajstić information content (AvgIpc) is 1.60. The van der Waals surface area contributed by atoms with Gasteiger partial charge >= 0.3 is 17.5 Å². The van der Waals surface area contributed by atoms with Crippen LogP contribution in [0.4, 0.5) is 24.5 Å². The molecule has 0 saturated carbocycles. The fourth-order valence-corrected chi connectivity index (χ4v) is 16.7. The van der Waals surface area contributed by atoms with Gasteiger partial charge in [-0.3, -0.25) is 0 Å². The van der Waals surface area contributed by atoms with E-state index >= 15 is 13.2 Å². The summed E-state index contributed by atoms with van der Waals surface area (Å²) in [6.07, 6.45) is 11.0. The van der Waals surface area contributed by atoms with Gasteiger partial charge in [-0.1, -0.05) is 134 Å². The number of benzene rings is 9. The highest BCUT2D eigenvalue weighted by atomic mass is 32.2. The number of hydrogen-bond donors (Lipinski definition) is 4. The lowest BCUT2D eigenvalue weighted by molar-refractivity contribution is 0.0696. The maximum atomic E-state index is 15.8.